The first kappa shape index (κ1) is 18.5. The number of piperidine rings is 1. The Morgan fingerprint density at radius 3 is 2.84 bits per heavy atom. The van der Waals surface area contributed by atoms with E-state index in [1.54, 1.807) is 0 Å². The van der Waals surface area contributed by atoms with Crippen LogP contribution in [0.15, 0.2) is 29.4 Å². The molecule has 136 valence electrons. The van der Waals surface area contributed by atoms with Crippen LogP contribution in [-0.2, 0) is 10.3 Å². The summed E-state index contributed by atoms with van der Waals surface area (Å²) in [6.45, 7) is 8.18. The molecule has 1 saturated carbocycles. The van der Waals surface area contributed by atoms with Crippen molar-refractivity contribution in [3.63, 3.8) is 0 Å². The predicted octanol–water partition coefficient (Wildman–Crippen LogP) is 2.68. The van der Waals surface area contributed by atoms with Crippen molar-refractivity contribution in [1.29, 1.82) is 0 Å². The van der Waals surface area contributed by atoms with Crippen LogP contribution < -0.4 is 10.6 Å². The van der Waals surface area contributed by atoms with Crippen LogP contribution >= 0.6 is 24.2 Å². The monoisotopic (exact) mass is 380 g/mol. The molecule has 3 heterocycles. The highest BCUT2D eigenvalue weighted by Crippen LogP contribution is 2.49. The van der Waals surface area contributed by atoms with Crippen LogP contribution in [0, 0.1) is 17.8 Å². The molecule has 4 rings (SSSR count). The number of halogens is 1. The summed E-state index contributed by atoms with van der Waals surface area (Å²) in [7, 11) is 0. The lowest BCUT2D eigenvalue weighted by Crippen LogP contribution is -2.44. The van der Waals surface area contributed by atoms with Gasteiger partial charge in [0.15, 0.2) is 0 Å². The third-order valence-electron chi connectivity index (χ3n) is 5.22. The van der Waals surface area contributed by atoms with Gasteiger partial charge in [-0.25, -0.2) is 4.98 Å². The first-order chi connectivity index (χ1) is 11.5. The van der Waals surface area contributed by atoms with Crippen LogP contribution in [0.5, 0.6) is 0 Å². The number of fused-ring (bicyclic) bond motifs is 2. The predicted molar refractivity (Wildman–Crippen MR) is 103 cm³/mol. The van der Waals surface area contributed by atoms with Gasteiger partial charge < -0.3 is 15.0 Å². The number of amides is 1. The van der Waals surface area contributed by atoms with Crippen LogP contribution in [0.2, 0.25) is 0 Å². The Bertz CT molecular complexity index is 780. The van der Waals surface area contributed by atoms with Gasteiger partial charge in [0.25, 0.3) is 0 Å². The van der Waals surface area contributed by atoms with Crippen LogP contribution in [0.1, 0.15) is 26.6 Å². The van der Waals surface area contributed by atoms with E-state index in [-0.39, 0.29) is 24.2 Å². The third kappa shape index (κ3) is 3.15. The van der Waals surface area contributed by atoms with Gasteiger partial charge in [0.2, 0.25) is 5.91 Å². The normalized spacial score (nSPS) is 24.7. The Hall–Kier alpha value is -1.24. The smallest absolute Gasteiger partial charge is 0.224 e. The minimum absolute atomic E-state index is 0. The first-order valence-electron chi connectivity index (χ1n) is 8.65. The molecule has 1 saturated heterocycles. The van der Waals surface area contributed by atoms with E-state index >= 15 is 0 Å². The Labute approximate surface area is 158 Å². The lowest BCUT2D eigenvalue weighted by molar-refractivity contribution is -0.124. The fraction of sp³-hybridized carbons (Fsp3) is 0.556. The van der Waals surface area contributed by atoms with Crippen molar-refractivity contribution in [3.8, 4) is 0 Å². The van der Waals surface area contributed by atoms with Crippen molar-refractivity contribution in [2.75, 3.05) is 18.8 Å². The Balaban J connectivity index is 0.00000182. The second-order valence-electron chi connectivity index (χ2n) is 7.27. The molecule has 1 aliphatic heterocycles. The van der Waals surface area contributed by atoms with Crippen molar-refractivity contribution in [2.45, 2.75) is 31.2 Å². The molecule has 1 unspecified atom stereocenters. The summed E-state index contributed by atoms with van der Waals surface area (Å²) in [6.07, 6.45) is 3.94. The quantitative estimate of drug-likeness (QED) is 0.783. The van der Waals surface area contributed by atoms with Gasteiger partial charge in [0.05, 0.1) is 17.3 Å². The summed E-state index contributed by atoms with van der Waals surface area (Å²) < 4.78 is 2.10. The Morgan fingerprint density at radius 1 is 1.44 bits per heavy atom. The summed E-state index contributed by atoms with van der Waals surface area (Å²) in [5.41, 5.74) is 0.609. The van der Waals surface area contributed by atoms with Gasteiger partial charge in [0.1, 0.15) is 5.82 Å². The fourth-order valence-electron chi connectivity index (χ4n) is 3.99. The molecule has 2 N–H and O–H groups in total. The Kier molecular flexibility index (Phi) is 5.06. The van der Waals surface area contributed by atoms with Crippen molar-refractivity contribution in [1.82, 2.24) is 20.0 Å². The molecule has 7 heteroatoms. The van der Waals surface area contributed by atoms with Gasteiger partial charge in [-0.1, -0.05) is 6.92 Å². The van der Waals surface area contributed by atoms with Gasteiger partial charge in [0, 0.05) is 17.0 Å². The number of pyridine rings is 1. The first-order valence-corrected chi connectivity index (χ1v) is 9.63. The van der Waals surface area contributed by atoms with Crippen LogP contribution in [0.25, 0.3) is 5.52 Å². The zero-order valence-electron chi connectivity index (χ0n) is 14.8. The number of hydrogen-bond acceptors (Lipinski definition) is 4. The summed E-state index contributed by atoms with van der Waals surface area (Å²) in [6, 6.07) is 4.17. The summed E-state index contributed by atoms with van der Waals surface area (Å²) in [5, 5.41) is 6.58. The molecule has 5 nitrogen and oxygen atoms in total. The van der Waals surface area contributed by atoms with Crippen molar-refractivity contribution in [2.24, 2.45) is 17.8 Å². The number of thioether (sulfide) groups is 1. The summed E-state index contributed by atoms with van der Waals surface area (Å²) in [4.78, 5) is 18.5. The largest absolute Gasteiger partial charge is 0.344 e. The highest BCUT2D eigenvalue weighted by molar-refractivity contribution is 7.99. The number of nitrogens with one attached hydrogen (secondary N) is 2. The van der Waals surface area contributed by atoms with E-state index in [4.69, 9.17) is 0 Å². The van der Waals surface area contributed by atoms with E-state index in [2.05, 4.69) is 33.0 Å². The van der Waals surface area contributed by atoms with Crippen LogP contribution in [0.3, 0.4) is 0 Å². The van der Waals surface area contributed by atoms with E-state index in [0.717, 1.165) is 30.2 Å². The van der Waals surface area contributed by atoms with Gasteiger partial charge in [-0.3, -0.25) is 4.79 Å². The van der Waals surface area contributed by atoms with Crippen LogP contribution in [-0.4, -0.2) is 34.1 Å². The maximum absolute atomic E-state index is 12.7. The van der Waals surface area contributed by atoms with Crippen molar-refractivity contribution >= 4 is 35.6 Å². The van der Waals surface area contributed by atoms with Crippen LogP contribution in [0.4, 0.5) is 0 Å². The number of imidazole rings is 1. The molecule has 0 bridgehead atoms. The maximum atomic E-state index is 12.7. The second-order valence-corrected chi connectivity index (χ2v) is 8.57. The topological polar surface area (TPSA) is 58.4 Å². The van der Waals surface area contributed by atoms with Gasteiger partial charge in [-0.05, 0) is 56.7 Å². The highest BCUT2D eigenvalue weighted by atomic mass is 35.5. The number of hydrogen-bond donors (Lipinski definition) is 2. The lowest BCUT2D eigenvalue weighted by atomic mass is 10.0. The third-order valence-corrected chi connectivity index (χ3v) is 6.17. The van der Waals surface area contributed by atoms with Gasteiger partial charge >= 0.3 is 0 Å². The number of rotatable bonds is 5. The van der Waals surface area contributed by atoms with E-state index in [9.17, 15) is 4.79 Å². The molecule has 0 radical (unpaired) electrons. The molecule has 0 aromatic carbocycles. The molecular weight excluding hydrogens is 356 g/mol. The molecule has 3 atom stereocenters. The summed E-state index contributed by atoms with van der Waals surface area (Å²) >= 11 is 1.81. The molecule has 2 aliphatic rings. The minimum atomic E-state index is -0.497. The molecule has 0 spiro atoms. The highest BCUT2D eigenvalue weighted by Gasteiger charge is 2.57. The van der Waals surface area contributed by atoms with E-state index in [1.165, 1.54) is 4.90 Å². The van der Waals surface area contributed by atoms with E-state index in [0.29, 0.717) is 11.8 Å². The molecular formula is C18H25ClN4OS. The van der Waals surface area contributed by atoms with Crippen molar-refractivity contribution < 1.29 is 4.79 Å². The Morgan fingerprint density at radius 2 is 2.16 bits per heavy atom. The van der Waals surface area contributed by atoms with Gasteiger partial charge in [-0.15, -0.1) is 24.2 Å². The van der Waals surface area contributed by atoms with E-state index in [1.807, 2.05) is 44.1 Å². The second kappa shape index (κ2) is 6.82. The number of carbonyl (C=O) groups excluding carboxylic acids is 1. The minimum Gasteiger partial charge on any atom is -0.344 e. The van der Waals surface area contributed by atoms with Crippen molar-refractivity contribution in [3.05, 3.63) is 30.4 Å². The number of nitrogens with zero attached hydrogens (tertiary/aromatic N) is 2. The fourth-order valence-corrected chi connectivity index (χ4v) is 4.78. The molecule has 25 heavy (non-hydrogen) atoms. The van der Waals surface area contributed by atoms with Gasteiger partial charge in [-0.2, -0.15) is 0 Å². The average Bonchev–Trinajstić information content (AvgIpc) is 2.91. The standard InChI is InChI=1S/C18H24N4OS.ClH/c1-4-24-14-6-5-7-22-13(14)10-20-17(22)18(2,3)21-16(23)15-11-8-19-9-12(11)15;/h5-7,10-12,15,19H,4,8-9H2,1-3H3,(H,21,23);1H/t11-,12+,15?;. The zero-order valence-corrected chi connectivity index (χ0v) is 16.4. The lowest BCUT2D eigenvalue weighted by Gasteiger charge is -2.26. The number of aromatic nitrogens is 2. The summed E-state index contributed by atoms with van der Waals surface area (Å²) in [5.74, 6) is 3.33. The van der Waals surface area contributed by atoms with E-state index < -0.39 is 5.54 Å². The molecule has 2 aromatic rings. The SMILES string of the molecule is CCSc1cccn2c(C(C)(C)NC(=O)C3[C@H]4CNC[C@@H]34)ncc12.Cl. The molecule has 2 aromatic heterocycles. The maximum Gasteiger partial charge on any atom is 0.224 e. The molecule has 2 fully saturated rings. The zero-order chi connectivity index (χ0) is 16.9. The molecule has 1 amide bonds. The average molecular weight is 381 g/mol. The number of carbonyl (C=O) groups is 1. The molecule has 1 aliphatic carbocycles.